The van der Waals surface area contributed by atoms with Crippen LogP contribution in [-0.4, -0.2) is 16.7 Å². The summed E-state index contributed by atoms with van der Waals surface area (Å²) in [5.74, 6) is -0.499. The van der Waals surface area contributed by atoms with E-state index in [9.17, 15) is 9.18 Å². The first kappa shape index (κ1) is 15.3. The summed E-state index contributed by atoms with van der Waals surface area (Å²) in [6, 6.07) is 4.45. The van der Waals surface area contributed by atoms with Gasteiger partial charge in [0.15, 0.2) is 0 Å². The molecule has 0 bridgehead atoms. The van der Waals surface area contributed by atoms with Gasteiger partial charge in [0.2, 0.25) is 5.91 Å². The second-order valence-electron chi connectivity index (χ2n) is 5.08. The molecule has 0 fully saturated rings. The molecular formula is C13H17ClFNOS. The summed E-state index contributed by atoms with van der Waals surface area (Å²) in [5.41, 5.74) is -0.258. The molecule has 1 aromatic carbocycles. The summed E-state index contributed by atoms with van der Waals surface area (Å²) in [4.78, 5) is 12.7. The lowest BCUT2D eigenvalue weighted by atomic mass is 10.1. The maximum atomic E-state index is 13.0. The largest absolute Gasteiger partial charge is 0.351 e. The number of hydrogen-bond acceptors (Lipinski definition) is 2. The Morgan fingerprint density at radius 2 is 2.06 bits per heavy atom. The molecular weight excluding hydrogens is 273 g/mol. The van der Waals surface area contributed by atoms with E-state index in [1.54, 1.807) is 6.07 Å². The van der Waals surface area contributed by atoms with E-state index < -0.39 is 5.82 Å². The molecule has 0 spiro atoms. The van der Waals surface area contributed by atoms with Gasteiger partial charge in [-0.2, -0.15) is 0 Å². The van der Waals surface area contributed by atoms with Gasteiger partial charge in [-0.25, -0.2) is 4.39 Å². The van der Waals surface area contributed by atoms with Crippen molar-refractivity contribution in [1.82, 2.24) is 5.32 Å². The molecule has 1 N–H and O–H groups in total. The van der Waals surface area contributed by atoms with Crippen LogP contribution >= 0.6 is 23.4 Å². The van der Waals surface area contributed by atoms with Crippen molar-refractivity contribution in [2.24, 2.45) is 0 Å². The normalized spacial score (nSPS) is 13.2. The van der Waals surface area contributed by atoms with Crippen LogP contribution in [0.1, 0.15) is 27.7 Å². The molecule has 0 radical (unpaired) electrons. The molecule has 1 rings (SSSR count). The molecule has 0 aromatic heterocycles. The van der Waals surface area contributed by atoms with Crippen molar-refractivity contribution >= 4 is 29.3 Å². The number of rotatable bonds is 3. The third-order valence-corrected chi connectivity index (χ3v) is 3.45. The fraction of sp³-hybridized carbons (Fsp3) is 0.462. The van der Waals surface area contributed by atoms with Crippen LogP contribution in [0.25, 0.3) is 0 Å². The summed E-state index contributed by atoms with van der Waals surface area (Å²) in [6.07, 6.45) is 0. The molecule has 0 saturated heterocycles. The number of benzene rings is 1. The van der Waals surface area contributed by atoms with Crippen LogP contribution in [0.15, 0.2) is 23.1 Å². The van der Waals surface area contributed by atoms with Crippen molar-refractivity contribution in [2.75, 3.05) is 0 Å². The van der Waals surface area contributed by atoms with Gasteiger partial charge < -0.3 is 5.32 Å². The highest BCUT2D eigenvalue weighted by Crippen LogP contribution is 2.27. The maximum Gasteiger partial charge on any atom is 0.233 e. The molecule has 1 aromatic rings. The molecule has 0 unspecified atom stereocenters. The first-order chi connectivity index (χ1) is 8.19. The number of hydrogen-bond donors (Lipinski definition) is 1. The van der Waals surface area contributed by atoms with Gasteiger partial charge in [0.05, 0.1) is 10.3 Å². The van der Waals surface area contributed by atoms with Crippen molar-refractivity contribution < 1.29 is 9.18 Å². The molecule has 5 heteroatoms. The summed E-state index contributed by atoms with van der Waals surface area (Å²) in [6.45, 7) is 7.59. The number of carbonyl (C=O) groups is 1. The topological polar surface area (TPSA) is 29.1 Å². The molecule has 1 amide bonds. The molecule has 0 aliphatic carbocycles. The molecule has 0 aliphatic heterocycles. The molecule has 0 aliphatic rings. The minimum Gasteiger partial charge on any atom is -0.351 e. The van der Waals surface area contributed by atoms with Crippen LogP contribution in [0.5, 0.6) is 0 Å². The predicted octanol–water partition coefficient (Wildman–Crippen LogP) is 3.87. The van der Waals surface area contributed by atoms with E-state index in [1.807, 2.05) is 27.7 Å². The molecule has 0 heterocycles. The third kappa shape index (κ3) is 4.86. The van der Waals surface area contributed by atoms with Crippen LogP contribution in [0.3, 0.4) is 0 Å². The van der Waals surface area contributed by atoms with Crippen molar-refractivity contribution in [3.63, 3.8) is 0 Å². The van der Waals surface area contributed by atoms with Crippen molar-refractivity contribution in [1.29, 1.82) is 0 Å². The van der Waals surface area contributed by atoms with Crippen molar-refractivity contribution in [2.45, 2.75) is 43.4 Å². The molecule has 18 heavy (non-hydrogen) atoms. The minimum absolute atomic E-state index is 0.0482. The Morgan fingerprint density at radius 1 is 1.44 bits per heavy atom. The van der Waals surface area contributed by atoms with E-state index >= 15 is 0 Å². The lowest BCUT2D eigenvalue weighted by Crippen LogP contribution is -2.44. The fourth-order valence-electron chi connectivity index (χ4n) is 1.28. The summed E-state index contributed by atoms with van der Waals surface area (Å²) < 4.78 is 13.0. The van der Waals surface area contributed by atoms with E-state index in [0.717, 1.165) is 4.90 Å². The van der Waals surface area contributed by atoms with Gasteiger partial charge in [-0.3, -0.25) is 4.79 Å². The quantitative estimate of drug-likeness (QED) is 0.856. The van der Waals surface area contributed by atoms with Gasteiger partial charge >= 0.3 is 0 Å². The average Bonchev–Trinajstić information content (AvgIpc) is 2.21. The third-order valence-electron chi connectivity index (χ3n) is 2.07. The van der Waals surface area contributed by atoms with Gasteiger partial charge in [0.1, 0.15) is 5.82 Å². The zero-order valence-electron chi connectivity index (χ0n) is 10.9. The SMILES string of the molecule is C[C@@H](Sc1ccc(F)c(Cl)c1)C(=O)NC(C)(C)C. The fourth-order valence-corrected chi connectivity index (χ4v) is 2.43. The monoisotopic (exact) mass is 289 g/mol. The molecule has 2 nitrogen and oxygen atoms in total. The highest BCUT2D eigenvalue weighted by molar-refractivity contribution is 8.00. The van der Waals surface area contributed by atoms with E-state index in [2.05, 4.69) is 5.32 Å². The Labute approximate surface area is 116 Å². The second kappa shape index (κ2) is 5.93. The van der Waals surface area contributed by atoms with Gasteiger partial charge in [0.25, 0.3) is 0 Å². The van der Waals surface area contributed by atoms with Crippen LogP contribution in [0, 0.1) is 5.82 Å². The molecule has 100 valence electrons. The maximum absolute atomic E-state index is 13.0. The Morgan fingerprint density at radius 3 is 2.56 bits per heavy atom. The van der Waals surface area contributed by atoms with Crippen molar-refractivity contribution in [3.05, 3.63) is 29.0 Å². The number of halogens is 2. The Hall–Kier alpha value is -0.740. The van der Waals surface area contributed by atoms with Gasteiger partial charge in [-0.05, 0) is 45.9 Å². The number of amides is 1. The van der Waals surface area contributed by atoms with E-state index in [0.29, 0.717) is 0 Å². The lowest BCUT2D eigenvalue weighted by Gasteiger charge is -2.23. The smallest absolute Gasteiger partial charge is 0.233 e. The van der Waals surface area contributed by atoms with E-state index in [-0.39, 0.29) is 21.7 Å². The zero-order valence-corrected chi connectivity index (χ0v) is 12.5. The van der Waals surface area contributed by atoms with Gasteiger partial charge in [0, 0.05) is 10.4 Å². The molecule has 0 saturated carbocycles. The minimum atomic E-state index is -0.451. The van der Waals surface area contributed by atoms with Crippen molar-refractivity contribution in [3.8, 4) is 0 Å². The van der Waals surface area contributed by atoms with Crippen LogP contribution in [0.2, 0.25) is 5.02 Å². The van der Waals surface area contributed by atoms with Crippen LogP contribution in [0.4, 0.5) is 4.39 Å². The first-order valence-corrected chi connectivity index (χ1v) is 6.88. The first-order valence-electron chi connectivity index (χ1n) is 5.63. The highest BCUT2D eigenvalue weighted by Gasteiger charge is 2.20. The lowest BCUT2D eigenvalue weighted by molar-refractivity contribution is -0.121. The zero-order chi connectivity index (χ0) is 13.9. The summed E-state index contributed by atoms with van der Waals surface area (Å²) in [5, 5.41) is 2.71. The predicted molar refractivity (Wildman–Crippen MR) is 74.6 cm³/mol. The highest BCUT2D eigenvalue weighted by atomic mass is 35.5. The average molecular weight is 290 g/mol. The number of carbonyl (C=O) groups excluding carboxylic acids is 1. The Kier molecular flexibility index (Phi) is 5.05. The van der Waals surface area contributed by atoms with Gasteiger partial charge in [-0.1, -0.05) is 11.6 Å². The Balaban J connectivity index is 2.66. The second-order valence-corrected chi connectivity index (χ2v) is 6.90. The van der Waals surface area contributed by atoms with E-state index in [1.165, 1.54) is 23.9 Å². The number of thioether (sulfide) groups is 1. The Bertz CT molecular complexity index is 445. The molecule has 1 atom stereocenters. The van der Waals surface area contributed by atoms with Crippen LogP contribution in [-0.2, 0) is 4.79 Å². The van der Waals surface area contributed by atoms with Crippen LogP contribution < -0.4 is 5.32 Å². The van der Waals surface area contributed by atoms with Gasteiger partial charge in [-0.15, -0.1) is 11.8 Å². The summed E-state index contributed by atoms with van der Waals surface area (Å²) >= 11 is 7.05. The standard InChI is InChI=1S/C13H17ClFNOS/c1-8(12(17)16-13(2,3)4)18-9-5-6-11(15)10(14)7-9/h5-8H,1-4H3,(H,16,17)/t8-/m1/s1. The summed E-state index contributed by atoms with van der Waals surface area (Å²) in [7, 11) is 0. The van der Waals surface area contributed by atoms with E-state index in [4.69, 9.17) is 11.6 Å². The number of nitrogens with one attached hydrogen (secondary N) is 1.